The van der Waals surface area contributed by atoms with Crippen molar-refractivity contribution in [3.63, 3.8) is 0 Å². The number of unbranched alkanes of at least 4 members (excludes halogenated alkanes) is 1. The van der Waals surface area contributed by atoms with Gasteiger partial charge < -0.3 is 4.74 Å². The van der Waals surface area contributed by atoms with Crippen molar-refractivity contribution in [3.8, 4) is 0 Å². The number of hydrogen-bond donors (Lipinski definition) is 0. The zero-order chi connectivity index (χ0) is 18.9. The minimum atomic E-state index is -7.37. The first kappa shape index (κ1) is 22.1. The zero-order valence-corrected chi connectivity index (χ0v) is 11.1. The molecule has 1 atom stereocenters. The summed E-state index contributed by atoms with van der Waals surface area (Å²) in [6.45, 7) is -0.335. The standard InChI is InChI=1S/C10H10F12O/c1-2-3-4-23-8(16,6(13,14)5(11)12)7(15,9(17,18)19)10(20,21)22/h5H,2-4H2,1H3. The zero-order valence-electron chi connectivity index (χ0n) is 11.1. The predicted molar refractivity (Wildman–Crippen MR) is 51.6 cm³/mol. The molecule has 0 aliphatic heterocycles. The van der Waals surface area contributed by atoms with Crippen LogP contribution in [0.5, 0.6) is 0 Å². The molecule has 0 bridgehead atoms. The van der Waals surface area contributed by atoms with Gasteiger partial charge in [-0.1, -0.05) is 13.3 Å². The Morgan fingerprint density at radius 3 is 1.43 bits per heavy atom. The third kappa shape index (κ3) is 3.48. The van der Waals surface area contributed by atoms with E-state index in [0.29, 0.717) is 0 Å². The quantitative estimate of drug-likeness (QED) is 0.440. The molecular formula is C10H10F12O. The third-order valence-corrected chi connectivity index (χ3v) is 2.73. The molecule has 0 rings (SSSR count). The van der Waals surface area contributed by atoms with Crippen molar-refractivity contribution in [2.75, 3.05) is 6.61 Å². The summed E-state index contributed by atoms with van der Waals surface area (Å²) in [6, 6.07) is 0. The Morgan fingerprint density at radius 1 is 0.783 bits per heavy atom. The fourth-order valence-corrected chi connectivity index (χ4v) is 1.45. The summed E-state index contributed by atoms with van der Waals surface area (Å²) in [6.07, 6.45) is -20.8. The molecule has 0 spiro atoms. The molecule has 0 aromatic rings. The molecule has 0 saturated carbocycles. The molecule has 1 unspecified atom stereocenters. The summed E-state index contributed by atoms with van der Waals surface area (Å²) in [7, 11) is 0. The molecule has 0 aliphatic rings. The van der Waals surface area contributed by atoms with Gasteiger partial charge in [-0.05, 0) is 6.42 Å². The highest BCUT2D eigenvalue weighted by Crippen LogP contribution is 2.59. The third-order valence-electron chi connectivity index (χ3n) is 2.73. The van der Waals surface area contributed by atoms with E-state index in [1.165, 1.54) is 6.92 Å². The number of ether oxygens (including phenoxy) is 1. The lowest BCUT2D eigenvalue weighted by atomic mass is 9.89. The van der Waals surface area contributed by atoms with E-state index >= 15 is 0 Å². The Balaban J connectivity index is 6.39. The number of rotatable bonds is 7. The van der Waals surface area contributed by atoms with Crippen molar-refractivity contribution in [2.45, 2.75) is 56.0 Å². The van der Waals surface area contributed by atoms with Crippen LogP contribution in [-0.4, -0.2) is 42.8 Å². The van der Waals surface area contributed by atoms with E-state index in [2.05, 4.69) is 4.74 Å². The van der Waals surface area contributed by atoms with Crippen LogP contribution in [0, 0.1) is 0 Å². The van der Waals surface area contributed by atoms with Crippen molar-refractivity contribution in [3.05, 3.63) is 0 Å². The van der Waals surface area contributed by atoms with Gasteiger partial charge in [0.25, 0.3) is 0 Å². The molecule has 0 aliphatic carbocycles. The first-order chi connectivity index (χ1) is 10.0. The number of alkyl halides is 12. The fraction of sp³-hybridized carbons (Fsp3) is 1.00. The van der Waals surface area contributed by atoms with Gasteiger partial charge in [0, 0.05) is 0 Å². The van der Waals surface area contributed by atoms with E-state index < -0.39 is 49.3 Å². The maximum atomic E-state index is 13.9. The molecule has 23 heavy (non-hydrogen) atoms. The molecule has 0 saturated heterocycles. The molecule has 13 heteroatoms. The number of halogens is 12. The van der Waals surface area contributed by atoms with Crippen LogP contribution < -0.4 is 0 Å². The van der Waals surface area contributed by atoms with E-state index in [4.69, 9.17) is 0 Å². The Labute approximate surface area is 121 Å². The first-order valence-electron chi connectivity index (χ1n) is 5.81. The lowest BCUT2D eigenvalue weighted by Gasteiger charge is -2.43. The minimum Gasteiger partial charge on any atom is -0.338 e. The van der Waals surface area contributed by atoms with E-state index in [1.807, 2.05) is 0 Å². The SMILES string of the molecule is CCCCOC(F)(C(F)(F)C(F)F)C(F)(C(F)(F)F)C(F)(F)F. The second-order valence-electron chi connectivity index (χ2n) is 4.37. The van der Waals surface area contributed by atoms with E-state index in [0.717, 1.165) is 0 Å². The first-order valence-corrected chi connectivity index (χ1v) is 5.81. The molecule has 0 aromatic heterocycles. The monoisotopic (exact) mass is 374 g/mol. The number of hydrogen-bond acceptors (Lipinski definition) is 1. The molecular weight excluding hydrogens is 364 g/mol. The van der Waals surface area contributed by atoms with Crippen LogP contribution in [0.3, 0.4) is 0 Å². The van der Waals surface area contributed by atoms with Gasteiger partial charge in [-0.2, -0.15) is 35.1 Å². The summed E-state index contributed by atoms with van der Waals surface area (Å²) < 4.78 is 156. The molecule has 0 amide bonds. The molecule has 0 aromatic carbocycles. The van der Waals surface area contributed by atoms with Crippen LogP contribution in [0.4, 0.5) is 52.7 Å². The highest BCUT2D eigenvalue weighted by atomic mass is 19.4. The molecule has 0 heterocycles. The van der Waals surface area contributed by atoms with Crippen molar-refractivity contribution < 1.29 is 57.4 Å². The predicted octanol–water partition coefficient (Wildman–Crippen LogP) is 5.20. The van der Waals surface area contributed by atoms with Crippen LogP contribution in [-0.2, 0) is 4.74 Å². The Hall–Kier alpha value is -0.880. The molecule has 140 valence electrons. The summed E-state index contributed by atoms with van der Waals surface area (Å²) in [5.41, 5.74) is -7.37. The van der Waals surface area contributed by atoms with Crippen LogP contribution in [0.15, 0.2) is 0 Å². The normalized spacial score (nSPS) is 17.5. The molecule has 1 nitrogen and oxygen atoms in total. The lowest BCUT2D eigenvalue weighted by molar-refractivity contribution is -0.460. The summed E-state index contributed by atoms with van der Waals surface area (Å²) in [4.78, 5) is 0. The van der Waals surface area contributed by atoms with Crippen molar-refractivity contribution in [1.82, 2.24) is 0 Å². The maximum absolute atomic E-state index is 13.9. The van der Waals surface area contributed by atoms with Crippen LogP contribution in [0.25, 0.3) is 0 Å². The van der Waals surface area contributed by atoms with Crippen molar-refractivity contribution in [2.24, 2.45) is 0 Å². The van der Waals surface area contributed by atoms with Gasteiger partial charge in [0.1, 0.15) is 0 Å². The van der Waals surface area contributed by atoms with E-state index in [9.17, 15) is 52.7 Å². The Morgan fingerprint density at radius 2 is 1.17 bits per heavy atom. The lowest BCUT2D eigenvalue weighted by Crippen LogP contribution is -2.74. The Kier molecular flexibility index (Phi) is 6.30. The highest BCUT2D eigenvalue weighted by Gasteiger charge is 2.91. The summed E-state index contributed by atoms with van der Waals surface area (Å²) >= 11 is 0. The van der Waals surface area contributed by atoms with Gasteiger partial charge in [0.05, 0.1) is 6.61 Å². The average molecular weight is 374 g/mol. The van der Waals surface area contributed by atoms with Gasteiger partial charge in [0.2, 0.25) is 0 Å². The van der Waals surface area contributed by atoms with Crippen LogP contribution >= 0.6 is 0 Å². The molecule has 0 N–H and O–H groups in total. The van der Waals surface area contributed by atoms with E-state index in [-0.39, 0.29) is 6.42 Å². The van der Waals surface area contributed by atoms with Crippen LogP contribution in [0.1, 0.15) is 19.8 Å². The van der Waals surface area contributed by atoms with Gasteiger partial charge in [-0.25, -0.2) is 17.6 Å². The fourth-order valence-electron chi connectivity index (χ4n) is 1.45. The summed E-state index contributed by atoms with van der Waals surface area (Å²) in [5, 5.41) is 0. The van der Waals surface area contributed by atoms with Crippen LogP contribution in [0.2, 0.25) is 0 Å². The second-order valence-corrected chi connectivity index (χ2v) is 4.37. The van der Waals surface area contributed by atoms with Gasteiger partial charge in [-0.15, -0.1) is 0 Å². The minimum absolute atomic E-state index is 0.104. The van der Waals surface area contributed by atoms with Gasteiger partial charge in [0.15, 0.2) is 0 Å². The van der Waals surface area contributed by atoms with Gasteiger partial charge >= 0.3 is 36.2 Å². The Bertz CT molecular complexity index is 372. The van der Waals surface area contributed by atoms with Gasteiger partial charge in [-0.3, -0.25) is 0 Å². The summed E-state index contributed by atoms with van der Waals surface area (Å²) in [5.74, 6) is -13.4. The average Bonchev–Trinajstić information content (AvgIpc) is 2.34. The molecule has 0 fully saturated rings. The topological polar surface area (TPSA) is 9.23 Å². The second kappa shape index (κ2) is 6.55. The largest absolute Gasteiger partial charge is 0.437 e. The molecule has 0 radical (unpaired) electrons. The highest BCUT2D eigenvalue weighted by molar-refractivity contribution is 5.12. The maximum Gasteiger partial charge on any atom is 0.437 e. The smallest absolute Gasteiger partial charge is 0.338 e. The van der Waals surface area contributed by atoms with E-state index in [1.54, 1.807) is 0 Å². The van der Waals surface area contributed by atoms with Crippen molar-refractivity contribution in [1.29, 1.82) is 0 Å². The van der Waals surface area contributed by atoms with Crippen molar-refractivity contribution >= 4 is 0 Å².